The number of rotatable bonds is 4. The molecule has 1 atom stereocenters. The van der Waals surface area contributed by atoms with E-state index in [1.807, 2.05) is 13.8 Å². The zero-order valence-electron chi connectivity index (χ0n) is 16.0. The Labute approximate surface area is 166 Å². The Morgan fingerprint density at radius 2 is 2.11 bits per heavy atom. The van der Waals surface area contributed by atoms with Gasteiger partial charge in [-0.1, -0.05) is 11.6 Å². The minimum Gasteiger partial charge on any atom is -0.338 e. The molecule has 0 aliphatic carbocycles. The number of aryl methyl sites for hydroxylation is 1. The summed E-state index contributed by atoms with van der Waals surface area (Å²) in [6.45, 7) is 4.73. The first-order chi connectivity index (χ1) is 13.2. The average molecular weight is 408 g/mol. The Morgan fingerprint density at radius 1 is 1.39 bits per heavy atom. The van der Waals surface area contributed by atoms with Crippen LogP contribution in [0.5, 0.6) is 0 Å². The zero-order chi connectivity index (χ0) is 20.6. The molecule has 1 aromatic heterocycles. The molecule has 3 rings (SSSR count). The summed E-state index contributed by atoms with van der Waals surface area (Å²) in [5.41, 5.74) is -0.256. The van der Waals surface area contributed by atoms with Gasteiger partial charge in [-0.25, -0.2) is 9.48 Å². The van der Waals surface area contributed by atoms with Crippen molar-refractivity contribution < 1.29 is 9.72 Å². The molecule has 2 heterocycles. The molecule has 2 aromatic rings. The van der Waals surface area contributed by atoms with Crippen LogP contribution in [0.2, 0.25) is 5.02 Å². The van der Waals surface area contributed by atoms with E-state index in [2.05, 4.69) is 5.10 Å². The van der Waals surface area contributed by atoms with Gasteiger partial charge in [-0.15, -0.1) is 0 Å². The van der Waals surface area contributed by atoms with E-state index in [4.69, 9.17) is 11.6 Å². The predicted molar refractivity (Wildman–Crippen MR) is 104 cm³/mol. The van der Waals surface area contributed by atoms with Crippen LogP contribution in [-0.2, 0) is 7.05 Å². The van der Waals surface area contributed by atoms with Crippen molar-refractivity contribution >= 4 is 23.2 Å². The van der Waals surface area contributed by atoms with E-state index in [0.29, 0.717) is 18.9 Å². The fourth-order valence-corrected chi connectivity index (χ4v) is 3.79. The summed E-state index contributed by atoms with van der Waals surface area (Å²) in [6.07, 6.45) is 1.54. The number of aromatic nitrogens is 3. The minimum atomic E-state index is -0.554. The monoisotopic (exact) mass is 407 g/mol. The van der Waals surface area contributed by atoms with Crippen molar-refractivity contribution in [2.24, 2.45) is 7.05 Å². The highest BCUT2D eigenvalue weighted by atomic mass is 35.5. The molecule has 1 amide bonds. The van der Waals surface area contributed by atoms with Gasteiger partial charge in [0.05, 0.1) is 15.5 Å². The van der Waals surface area contributed by atoms with Gasteiger partial charge in [-0.2, -0.15) is 5.10 Å². The Kier molecular flexibility index (Phi) is 5.55. The maximum Gasteiger partial charge on any atom is 0.345 e. The molecule has 28 heavy (non-hydrogen) atoms. The van der Waals surface area contributed by atoms with E-state index in [-0.39, 0.29) is 39.8 Å². The summed E-state index contributed by atoms with van der Waals surface area (Å²) in [5.74, 6) is 0.212. The molecule has 1 unspecified atom stereocenters. The van der Waals surface area contributed by atoms with Gasteiger partial charge in [-0.05, 0) is 32.8 Å². The summed E-state index contributed by atoms with van der Waals surface area (Å²) in [7, 11) is 1.61. The summed E-state index contributed by atoms with van der Waals surface area (Å²) < 4.78 is 2.96. The van der Waals surface area contributed by atoms with Crippen LogP contribution in [0.1, 0.15) is 54.8 Å². The first-order valence-corrected chi connectivity index (χ1v) is 9.47. The highest BCUT2D eigenvalue weighted by molar-refractivity contribution is 6.33. The SMILES string of the molecule is CC(C)n1c(C2CCCN(C(=O)c3cc([N+](=O)[O-])ccc3Cl)C2)nn(C)c1=O. The first-order valence-electron chi connectivity index (χ1n) is 9.09. The van der Waals surface area contributed by atoms with Crippen LogP contribution < -0.4 is 5.69 Å². The lowest BCUT2D eigenvalue weighted by Crippen LogP contribution is -2.40. The summed E-state index contributed by atoms with van der Waals surface area (Å²) in [4.78, 5) is 37.5. The van der Waals surface area contributed by atoms with Crippen LogP contribution in [-0.4, -0.2) is 43.2 Å². The van der Waals surface area contributed by atoms with Crippen molar-refractivity contribution in [1.82, 2.24) is 19.2 Å². The summed E-state index contributed by atoms with van der Waals surface area (Å²) in [5, 5.41) is 15.6. The number of piperidine rings is 1. The quantitative estimate of drug-likeness (QED) is 0.572. The van der Waals surface area contributed by atoms with Crippen molar-refractivity contribution in [3.63, 3.8) is 0 Å². The second-order valence-electron chi connectivity index (χ2n) is 7.24. The summed E-state index contributed by atoms with van der Waals surface area (Å²) in [6, 6.07) is 3.80. The third kappa shape index (κ3) is 3.66. The maximum atomic E-state index is 13.0. The van der Waals surface area contributed by atoms with Gasteiger partial charge in [0.25, 0.3) is 11.6 Å². The molecule has 10 heteroatoms. The van der Waals surface area contributed by atoms with Gasteiger partial charge in [-0.3, -0.25) is 19.5 Å². The Bertz CT molecular complexity index is 981. The Hall–Kier alpha value is -2.68. The first kappa shape index (κ1) is 20.1. The van der Waals surface area contributed by atoms with Crippen LogP contribution >= 0.6 is 11.6 Å². The topological polar surface area (TPSA) is 103 Å². The number of halogens is 1. The fraction of sp³-hybridized carbons (Fsp3) is 0.500. The molecule has 1 saturated heterocycles. The zero-order valence-corrected chi connectivity index (χ0v) is 16.7. The molecule has 150 valence electrons. The van der Waals surface area contributed by atoms with E-state index in [1.165, 1.54) is 22.9 Å². The smallest absolute Gasteiger partial charge is 0.338 e. The number of carbonyl (C=O) groups excluding carboxylic acids is 1. The minimum absolute atomic E-state index is 0.0477. The van der Waals surface area contributed by atoms with Crippen LogP contribution in [0.3, 0.4) is 0 Å². The number of nitro benzene ring substituents is 1. The molecule has 1 fully saturated rings. The van der Waals surface area contributed by atoms with Crippen molar-refractivity contribution in [1.29, 1.82) is 0 Å². The van der Waals surface area contributed by atoms with Crippen molar-refractivity contribution in [2.75, 3.05) is 13.1 Å². The normalized spacial score (nSPS) is 17.2. The number of carbonyl (C=O) groups is 1. The average Bonchev–Trinajstić information content (AvgIpc) is 2.96. The second-order valence-corrected chi connectivity index (χ2v) is 7.65. The van der Waals surface area contributed by atoms with Crippen molar-refractivity contribution in [2.45, 2.75) is 38.6 Å². The van der Waals surface area contributed by atoms with Gasteiger partial charge in [0, 0.05) is 44.2 Å². The van der Waals surface area contributed by atoms with E-state index < -0.39 is 4.92 Å². The predicted octanol–water partition coefficient (Wildman–Crippen LogP) is 2.74. The van der Waals surface area contributed by atoms with Crippen LogP contribution in [0.25, 0.3) is 0 Å². The number of hydrogen-bond donors (Lipinski definition) is 0. The number of non-ortho nitro benzene ring substituents is 1. The third-order valence-corrected chi connectivity index (χ3v) is 5.29. The van der Waals surface area contributed by atoms with E-state index in [0.717, 1.165) is 12.8 Å². The lowest BCUT2D eigenvalue weighted by Gasteiger charge is -2.32. The van der Waals surface area contributed by atoms with Crippen LogP contribution in [0.15, 0.2) is 23.0 Å². The number of hydrogen-bond acceptors (Lipinski definition) is 5. The van der Waals surface area contributed by atoms with Gasteiger partial charge < -0.3 is 4.90 Å². The molecule has 0 N–H and O–H groups in total. The number of benzene rings is 1. The van der Waals surface area contributed by atoms with Gasteiger partial charge >= 0.3 is 5.69 Å². The van der Waals surface area contributed by atoms with E-state index in [9.17, 15) is 19.7 Å². The van der Waals surface area contributed by atoms with Gasteiger partial charge in [0.1, 0.15) is 5.82 Å². The molecule has 1 aliphatic rings. The van der Waals surface area contributed by atoms with Gasteiger partial charge in [0.2, 0.25) is 0 Å². The number of nitrogens with zero attached hydrogens (tertiary/aromatic N) is 5. The van der Waals surface area contributed by atoms with Crippen LogP contribution in [0, 0.1) is 10.1 Å². The highest BCUT2D eigenvalue weighted by Gasteiger charge is 2.31. The fourth-order valence-electron chi connectivity index (χ4n) is 3.60. The number of amides is 1. The second kappa shape index (κ2) is 7.75. The lowest BCUT2D eigenvalue weighted by atomic mass is 9.96. The maximum absolute atomic E-state index is 13.0. The Morgan fingerprint density at radius 3 is 2.75 bits per heavy atom. The van der Waals surface area contributed by atoms with E-state index in [1.54, 1.807) is 16.5 Å². The molecular formula is C18H22ClN5O4. The number of nitro groups is 1. The van der Waals surface area contributed by atoms with Crippen molar-refractivity contribution in [3.8, 4) is 0 Å². The van der Waals surface area contributed by atoms with E-state index >= 15 is 0 Å². The third-order valence-electron chi connectivity index (χ3n) is 4.96. The molecule has 0 bridgehead atoms. The number of likely N-dealkylation sites (tertiary alicyclic amines) is 1. The lowest BCUT2D eigenvalue weighted by molar-refractivity contribution is -0.384. The molecule has 0 radical (unpaired) electrons. The largest absolute Gasteiger partial charge is 0.345 e. The molecule has 0 saturated carbocycles. The summed E-state index contributed by atoms with van der Waals surface area (Å²) >= 11 is 6.13. The molecule has 1 aromatic carbocycles. The van der Waals surface area contributed by atoms with Gasteiger partial charge in [0.15, 0.2) is 0 Å². The molecule has 1 aliphatic heterocycles. The molecular weight excluding hydrogens is 386 g/mol. The standard InChI is InChI=1S/C18H22ClN5O4/c1-11(2)23-16(20-21(3)18(23)26)12-5-4-8-22(10-12)17(25)14-9-13(24(27)28)6-7-15(14)19/h6-7,9,11-12H,4-5,8,10H2,1-3H3. The highest BCUT2D eigenvalue weighted by Crippen LogP contribution is 2.29. The Balaban J connectivity index is 1.90. The molecule has 9 nitrogen and oxygen atoms in total. The van der Waals surface area contributed by atoms with Crippen molar-refractivity contribution in [3.05, 3.63) is 55.2 Å². The van der Waals surface area contributed by atoms with Crippen LogP contribution in [0.4, 0.5) is 5.69 Å². The molecule has 0 spiro atoms.